The lowest BCUT2D eigenvalue weighted by molar-refractivity contribution is -0.146. The third-order valence-corrected chi connectivity index (χ3v) is 14.2. The standard InChI is InChI=1S/C43H45ClN6O5Si/c1-27-41(56(2,3)54)39(18-19-49-25-37(47-48-49)34(26-51)29-11-5-4-6-12-29)55-43(27)35-22-31(44)16-17-38(35)50(42(43)53)24-28-10-9-13-32(20-28)46-40(52)21-30-23-45-36-15-8-7-14-33(30)36/h4-17,20,22-23,25,27,34,39,41,45,51,54H,18-19,21,24,26H2,1-3H3,(H,46,52)/t27-,34?,39+,41-,43+/m1/s1. The van der Waals surface area contributed by atoms with Crippen molar-refractivity contribution in [2.24, 2.45) is 5.92 Å². The highest BCUT2D eigenvalue weighted by Gasteiger charge is 2.66. The summed E-state index contributed by atoms with van der Waals surface area (Å²) in [5.41, 5.74) is 4.71. The van der Waals surface area contributed by atoms with Crippen molar-refractivity contribution in [1.82, 2.24) is 20.0 Å². The molecule has 11 nitrogen and oxygen atoms in total. The first-order chi connectivity index (χ1) is 27.0. The number of carbonyl (C=O) groups excluding carboxylic acids is 2. The fraction of sp³-hybridized carbons (Fsp3) is 0.302. The molecular formula is C43H45ClN6O5Si. The Bertz CT molecular complexity index is 2400. The van der Waals surface area contributed by atoms with E-state index >= 15 is 0 Å². The largest absolute Gasteiger partial charge is 0.432 e. The second-order valence-corrected chi connectivity index (χ2v) is 19.9. The number of carbonyl (C=O) groups is 2. The minimum absolute atomic E-state index is 0.105. The van der Waals surface area contributed by atoms with Crippen molar-refractivity contribution in [2.45, 2.75) is 69.1 Å². The molecule has 56 heavy (non-hydrogen) atoms. The number of aryl methyl sites for hydroxylation is 1. The average Bonchev–Trinajstić information content (AvgIpc) is 3.93. The summed E-state index contributed by atoms with van der Waals surface area (Å²) in [5, 5.41) is 23.5. The number of aromatic amines is 1. The number of H-pyrrole nitrogens is 1. The molecule has 0 aliphatic carbocycles. The Morgan fingerprint density at radius 1 is 1.05 bits per heavy atom. The highest BCUT2D eigenvalue weighted by atomic mass is 35.5. The van der Waals surface area contributed by atoms with Crippen molar-refractivity contribution in [2.75, 3.05) is 16.8 Å². The number of amides is 2. The third kappa shape index (κ3) is 6.96. The number of halogens is 1. The predicted molar refractivity (Wildman–Crippen MR) is 219 cm³/mol. The van der Waals surface area contributed by atoms with Crippen LogP contribution in [0.5, 0.6) is 0 Å². The number of ether oxygens (including phenoxy) is 1. The Morgan fingerprint density at radius 2 is 1.84 bits per heavy atom. The number of nitrogens with zero attached hydrogens (tertiary/aromatic N) is 4. The maximum Gasteiger partial charge on any atom is 0.264 e. The molecule has 4 aromatic carbocycles. The SMILES string of the molecule is C[C@@H]1[C@@H]([Si](C)(C)O)[C@H](CCn2cc(C(CO)c3ccccc3)nn2)O[C@@]12C(=O)N(Cc1cccc(NC(=O)Cc3c[nH]c4ccccc34)c1)c1ccc(Cl)cc12. The second-order valence-electron chi connectivity index (χ2n) is 15.5. The molecule has 2 aromatic heterocycles. The van der Waals surface area contributed by atoms with Gasteiger partial charge in [0.15, 0.2) is 13.9 Å². The Labute approximate surface area is 331 Å². The molecular weight excluding hydrogens is 744 g/mol. The molecule has 1 spiro atoms. The molecule has 6 aromatic rings. The van der Waals surface area contributed by atoms with Gasteiger partial charge in [0.2, 0.25) is 5.91 Å². The van der Waals surface area contributed by atoms with E-state index in [0.717, 1.165) is 27.6 Å². The van der Waals surface area contributed by atoms with Crippen LogP contribution in [-0.4, -0.2) is 62.7 Å². The van der Waals surface area contributed by atoms with Gasteiger partial charge < -0.3 is 29.8 Å². The molecule has 0 radical (unpaired) electrons. The molecule has 1 fully saturated rings. The summed E-state index contributed by atoms with van der Waals surface area (Å²) < 4.78 is 8.75. The fourth-order valence-electron chi connectivity index (χ4n) is 8.96. The lowest BCUT2D eigenvalue weighted by atomic mass is 9.82. The zero-order valence-corrected chi connectivity index (χ0v) is 33.3. The van der Waals surface area contributed by atoms with Crippen LogP contribution in [0.25, 0.3) is 10.9 Å². The van der Waals surface area contributed by atoms with E-state index in [4.69, 9.17) is 16.3 Å². The Balaban J connectivity index is 1.03. The summed E-state index contributed by atoms with van der Waals surface area (Å²) in [6, 6.07) is 30.6. The number of rotatable bonds is 12. The van der Waals surface area contributed by atoms with E-state index in [1.165, 1.54) is 0 Å². The summed E-state index contributed by atoms with van der Waals surface area (Å²) in [6.45, 7) is 6.38. The summed E-state index contributed by atoms with van der Waals surface area (Å²) in [5.74, 6) is -1.03. The van der Waals surface area contributed by atoms with Gasteiger partial charge in [0.1, 0.15) is 0 Å². The van der Waals surface area contributed by atoms with E-state index in [1.807, 2.05) is 123 Å². The molecule has 4 N–H and O–H groups in total. The fourth-order valence-corrected chi connectivity index (χ4v) is 11.7. The number of aromatic nitrogens is 4. The van der Waals surface area contributed by atoms with E-state index in [1.54, 1.807) is 15.6 Å². The number of hydrogen-bond donors (Lipinski definition) is 4. The quantitative estimate of drug-likeness (QED) is 0.0964. The highest BCUT2D eigenvalue weighted by molar-refractivity contribution is 6.71. The van der Waals surface area contributed by atoms with Crippen LogP contribution < -0.4 is 10.2 Å². The van der Waals surface area contributed by atoms with Gasteiger partial charge in [-0.2, -0.15) is 0 Å². The molecule has 0 saturated carbocycles. The van der Waals surface area contributed by atoms with Crippen molar-refractivity contribution in [3.8, 4) is 0 Å². The van der Waals surface area contributed by atoms with Crippen LogP contribution in [0.4, 0.5) is 11.4 Å². The minimum Gasteiger partial charge on any atom is -0.432 e. The van der Waals surface area contributed by atoms with Gasteiger partial charge in [-0.05, 0) is 72.6 Å². The normalized spacial score (nSPS) is 21.2. The first-order valence-corrected chi connectivity index (χ1v) is 22.4. The number of nitrogens with one attached hydrogen (secondary N) is 2. The molecule has 4 heterocycles. The topological polar surface area (TPSA) is 146 Å². The minimum atomic E-state index is -2.92. The molecule has 2 aliphatic heterocycles. The summed E-state index contributed by atoms with van der Waals surface area (Å²) in [7, 11) is -2.92. The molecule has 2 aliphatic rings. The molecule has 13 heteroatoms. The van der Waals surface area contributed by atoms with E-state index in [9.17, 15) is 19.5 Å². The molecule has 1 unspecified atom stereocenters. The Kier molecular flexibility index (Phi) is 10.2. The summed E-state index contributed by atoms with van der Waals surface area (Å²) in [6.07, 6.45) is 3.95. The lowest BCUT2D eigenvalue weighted by Gasteiger charge is -2.32. The van der Waals surface area contributed by atoms with Crippen molar-refractivity contribution in [3.05, 3.63) is 142 Å². The zero-order chi connectivity index (χ0) is 39.2. The van der Waals surface area contributed by atoms with Gasteiger partial charge in [-0.25, -0.2) is 0 Å². The summed E-state index contributed by atoms with van der Waals surface area (Å²) in [4.78, 5) is 44.9. The first kappa shape index (κ1) is 37.8. The van der Waals surface area contributed by atoms with Gasteiger partial charge in [0.05, 0.1) is 43.0 Å². The van der Waals surface area contributed by atoms with Gasteiger partial charge in [0, 0.05) is 57.6 Å². The molecule has 288 valence electrons. The van der Waals surface area contributed by atoms with Gasteiger partial charge in [-0.1, -0.05) is 84.4 Å². The number of aliphatic hydroxyl groups excluding tert-OH is 1. The van der Waals surface area contributed by atoms with E-state index in [0.29, 0.717) is 40.6 Å². The van der Waals surface area contributed by atoms with Gasteiger partial charge in [-0.15, -0.1) is 5.10 Å². The number of hydrogen-bond acceptors (Lipinski definition) is 7. The van der Waals surface area contributed by atoms with Crippen LogP contribution in [-0.2, 0) is 39.4 Å². The highest BCUT2D eigenvalue weighted by Crippen LogP contribution is 2.60. The monoisotopic (exact) mass is 788 g/mol. The Hall–Kier alpha value is -5.11. The van der Waals surface area contributed by atoms with E-state index in [2.05, 4.69) is 20.6 Å². The van der Waals surface area contributed by atoms with Gasteiger partial charge >= 0.3 is 0 Å². The van der Waals surface area contributed by atoms with Crippen LogP contribution >= 0.6 is 11.6 Å². The van der Waals surface area contributed by atoms with Crippen molar-refractivity contribution < 1.29 is 24.2 Å². The van der Waals surface area contributed by atoms with Crippen molar-refractivity contribution in [3.63, 3.8) is 0 Å². The Morgan fingerprint density at radius 3 is 2.62 bits per heavy atom. The maximum atomic E-state index is 15.0. The number of anilines is 2. The average molecular weight is 789 g/mol. The first-order valence-electron chi connectivity index (χ1n) is 19.0. The number of benzene rings is 4. The maximum absolute atomic E-state index is 15.0. The van der Waals surface area contributed by atoms with Gasteiger partial charge in [0.25, 0.3) is 5.91 Å². The number of para-hydroxylation sites is 1. The molecule has 2 amide bonds. The molecule has 8 rings (SSSR count). The van der Waals surface area contributed by atoms with Crippen molar-refractivity contribution >= 4 is 54.0 Å². The van der Waals surface area contributed by atoms with E-state index < -0.39 is 20.0 Å². The third-order valence-electron chi connectivity index (χ3n) is 11.5. The number of aliphatic hydroxyl groups is 1. The summed E-state index contributed by atoms with van der Waals surface area (Å²) >= 11 is 6.62. The smallest absolute Gasteiger partial charge is 0.264 e. The second kappa shape index (κ2) is 15.1. The van der Waals surface area contributed by atoms with E-state index in [-0.39, 0.29) is 48.8 Å². The zero-order valence-electron chi connectivity index (χ0n) is 31.5. The van der Waals surface area contributed by atoms with Gasteiger partial charge in [-0.3, -0.25) is 14.3 Å². The van der Waals surface area contributed by atoms with Crippen LogP contribution in [0.1, 0.15) is 47.2 Å². The van der Waals surface area contributed by atoms with Crippen LogP contribution in [0.2, 0.25) is 23.7 Å². The lowest BCUT2D eigenvalue weighted by Crippen LogP contribution is -2.46. The van der Waals surface area contributed by atoms with Crippen LogP contribution in [0, 0.1) is 5.92 Å². The molecule has 1 saturated heterocycles. The van der Waals surface area contributed by atoms with Crippen LogP contribution in [0.3, 0.4) is 0 Å². The number of fused-ring (bicyclic) bond motifs is 3. The van der Waals surface area contributed by atoms with Crippen molar-refractivity contribution in [1.29, 1.82) is 0 Å². The van der Waals surface area contributed by atoms with Crippen LogP contribution in [0.15, 0.2) is 109 Å². The molecule has 0 bridgehead atoms. The molecule has 5 atom stereocenters. The predicted octanol–water partition coefficient (Wildman–Crippen LogP) is 7.15.